The Morgan fingerprint density at radius 2 is 0.722 bits per heavy atom. The van der Waals surface area contributed by atoms with E-state index in [-0.39, 0.29) is 177 Å². The van der Waals surface area contributed by atoms with Gasteiger partial charge in [-0.05, 0) is 31.0 Å². The van der Waals surface area contributed by atoms with E-state index in [1.165, 1.54) is 42.5 Å². The second-order valence-corrected chi connectivity index (χ2v) is 19.9. The molecule has 0 saturated carbocycles. The molecule has 0 aliphatic heterocycles. The van der Waals surface area contributed by atoms with Gasteiger partial charge < -0.3 is 105 Å². The van der Waals surface area contributed by atoms with Crippen molar-refractivity contribution in [3.05, 3.63) is 194 Å². The first-order chi connectivity index (χ1) is 46.6. The summed E-state index contributed by atoms with van der Waals surface area (Å²) in [6.45, 7) is 5.15. The van der Waals surface area contributed by atoms with E-state index in [4.69, 9.17) is 84.4 Å². The van der Waals surface area contributed by atoms with Crippen LogP contribution in [0.25, 0.3) is 17.3 Å². The highest BCUT2D eigenvalue weighted by molar-refractivity contribution is 6.29. The minimum absolute atomic E-state index is 0.0272. The van der Waals surface area contributed by atoms with Crippen LogP contribution >= 0.6 is 0 Å². The maximum absolute atomic E-state index is 12.6. The van der Waals surface area contributed by atoms with Gasteiger partial charge in [0.25, 0.3) is 0 Å². The third-order valence-corrected chi connectivity index (χ3v) is 13.0. The number of ketones is 6. The van der Waals surface area contributed by atoms with Crippen LogP contribution in [-0.4, -0.2) is 216 Å². The minimum Gasteiger partial charge on any atom is -0.504 e. The Morgan fingerprint density at radius 3 is 1.00 bits per heavy atom. The van der Waals surface area contributed by atoms with E-state index in [2.05, 4.69) is 0 Å². The van der Waals surface area contributed by atoms with Crippen molar-refractivity contribution in [2.24, 2.45) is 17.2 Å². The van der Waals surface area contributed by atoms with Crippen LogP contribution in [0, 0.1) is 0 Å². The molecular weight excluding hydrogens is 1280 g/mol. The highest BCUT2D eigenvalue weighted by Crippen LogP contribution is 2.34. The number of ether oxygens (including phenoxy) is 6. The molecule has 2 unspecified atom stereocenters. The molecule has 0 amide bonds. The number of furan rings is 3. The van der Waals surface area contributed by atoms with E-state index < -0.39 is 76.0 Å². The minimum atomic E-state index is -0.851. The molecule has 0 bridgehead atoms. The zero-order chi connectivity index (χ0) is 71.6. The predicted molar refractivity (Wildman–Crippen MR) is 341 cm³/mol. The van der Waals surface area contributed by atoms with E-state index in [1.807, 2.05) is 13.8 Å². The second kappa shape index (κ2) is 41.8. The number of rotatable bonds is 26. The first kappa shape index (κ1) is 79.5. The molecule has 0 spiro atoms. The van der Waals surface area contributed by atoms with E-state index in [0.717, 1.165) is 18.2 Å². The highest BCUT2D eigenvalue weighted by atomic mass is 16.6. The fourth-order valence-corrected chi connectivity index (χ4v) is 8.24. The van der Waals surface area contributed by atoms with Crippen molar-refractivity contribution in [2.45, 2.75) is 38.9 Å². The molecule has 30 heteroatoms. The molecule has 3 aliphatic rings. The average Bonchev–Trinajstić information content (AvgIpc) is 1.70. The van der Waals surface area contributed by atoms with Gasteiger partial charge in [-0.15, -0.1) is 0 Å². The van der Waals surface area contributed by atoms with Crippen molar-refractivity contribution < 1.29 is 131 Å². The lowest BCUT2D eigenvalue weighted by Crippen LogP contribution is -2.20. The van der Waals surface area contributed by atoms with Gasteiger partial charge in [0.1, 0.15) is 19.8 Å². The number of carbonyl (C=O) groups excluding carboxylic acids is 9. The van der Waals surface area contributed by atoms with Crippen molar-refractivity contribution in [3.63, 3.8) is 0 Å². The van der Waals surface area contributed by atoms with Gasteiger partial charge in [-0.3, -0.25) is 28.8 Å². The van der Waals surface area contributed by atoms with E-state index in [9.17, 15) is 63.6 Å². The standard InChI is InChI=1S/2C21H20O8.C19H16O8.3C2H7NO/c1-2-12(22)11-27-7-8-28-18(24)10-16(23)17-9-15-19(25)13-5-3-4-6-14(13)20(26)21(15)29-17;1-2-12(11-22)27-7-8-28-18(24)10-16(23)17-9-15-19(25)13-5-3-4-6-14(13)20(26)21(15)29-17;20-5-6-25-7-8-26-16(22)10-14(21)15-9-13-17(23)11-3-1-2-4-12(11)18(24)19(13)27-15;3*3-1-2-4/h2*3-6,9-10,12,22-23H,2,7-8,11H2,1H3;1-4,9-10,20-21H,5-8H2;3*4H,1-3H2/b2*16-10-;14-10-;;;. The summed E-state index contributed by atoms with van der Waals surface area (Å²) in [4.78, 5) is 110. The SMILES string of the molecule is CCC(CO)OCCOC(=O)/C=C(\O)c1cc2c(o1)C(=O)c1ccccc1C2=O.CCC(O)COCCOC(=O)/C=C(\O)c1cc2c(o1)C(=O)c1ccccc1C2=O.NCCO.NCCO.NCCO.O=C(/C=C(\O)c1cc2c(o1)C(=O)c1ccccc1C2=O)OCCOCCO. The van der Waals surface area contributed by atoms with Crippen molar-refractivity contribution >= 4 is 69.9 Å². The summed E-state index contributed by atoms with van der Waals surface area (Å²) in [5.74, 6) is -7.98. The Bertz CT molecular complexity index is 3560. The summed E-state index contributed by atoms with van der Waals surface area (Å²) in [6.07, 6.45) is 2.62. The second-order valence-electron chi connectivity index (χ2n) is 19.9. The van der Waals surface area contributed by atoms with Crippen LogP contribution in [0.3, 0.4) is 0 Å². The molecule has 0 fully saturated rings. The summed E-state index contributed by atoms with van der Waals surface area (Å²) < 4.78 is 46.0. The van der Waals surface area contributed by atoms with Crippen molar-refractivity contribution in [2.75, 3.05) is 106 Å². The number of hydrogen-bond donors (Lipinski definition) is 12. The lowest BCUT2D eigenvalue weighted by atomic mass is 9.88. The van der Waals surface area contributed by atoms with Crippen LogP contribution in [0.15, 0.2) is 122 Å². The van der Waals surface area contributed by atoms with Crippen molar-refractivity contribution in [1.82, 2.24) is 0 Å². The molecule has 3 heterocycles. The molecule has 522 valence electrons. The lowest BCUT2D eigenvalue weighted by Gasteiger charge is -2.12. The van der Waals surface area contributed by atoms with Crippen molar-refractivity contribution in [1.29, 1.82) is 0 Å². The van der Waals surface area contributed by atoms with Gasteiger partial charge in [0, 0.05) is 53.0 Å². The molecule has 9 rings (SSSR count). The highest BCUT2D eigenvalue weighted by Gasteiger charge is 2.37. The third-order valence-electron chi connectivity index (χ3n) is 13.0. The number of aliphatic hydroxyl groups excluding tert-OH is 9. The summed E-state index contributed by atoms with van der Waals surface area (Å²) in [6, 6.07) is 22.7. The molecule has 0 radical (unpaired) electrons. The number of carbonyl (C=O) groups is 9. The molecule has 3 aliphatic carbocycles. The summed E-state index contributed by atoms with van der Waals surface area (Å²) in [5.41, 5.74) is 15.9. The molecule has 30 nitrogen and oxygen atoms in total. The topological polar surface area (TPSA) is 509 Å². The molecule has 3 aromatic carbocycles. The number of aliphatic hydroxyl groups is 9. The average molecular weight is 1360 g/mol. The Balaban J connectivity index is 0.000000285. The Morgan fingerprint density at radius 1 is 0.423 bits per heavy atom. The van der Waals surface area contributed by atoms with Gasteiger partial charge in [-0.25, -0.2) is 14.4 Å². The maximum atomic E-state index is 12.6. The van der Waals surface area contributed by atoms with Crippen LogP contribution in [-0.2, 0) is 42.8 Å². The molecule has 97 heavy (non-hydrogen) atoms. The Labute approximate surface area is 554 Å². The van der Waals surface area contributed by atoms with Crippen LogP contribution in [0.4, 0.5) is 0 Å². The van der Waals surface area contributed by atoms with Gasteiger partial charge in [0.2, 0.25) is 17.3 Å². The Hall–Kier alpha value is -9.93. The molecule has 2 atom stereocenters. The summed E-state index contributed by atoms with van der Waals surface area (Å²) >= 11 is 0. The number of fused-ring (bicyclic) bond motifs is 6. The zero-order valence-electron chi connectivity index (χ0n) is 52.9. The van der Waals surface area contributed by atoms with Crippen LogP contribution < -0.4 is 17.2 Å². The Kier molecular flexibility index (Phi) is 34.3. The summed E-state index contributed by atoms with van der Waals surface area (Å²) in [5, 5.41) is 80.4. The molecule has 0 saturated heterocycles. The quantitative estimate of drug-likeness (QED) is 0.0122. The molecule has 6 aromatic rings. The van der Waals surface area contributed by atoms with Gasteiger partial charge in [-0.1, -0.05) is 86.6 Å². The largest absolute Gasteiger partial charge is 0.504 e. The first-order valence-corrected chi connectivity index (χ1v) is 29.9. The molecule has 3 aromatic heterocycles. The number of hydrogen-bond acceptors (Lipinski definition) is 30. The summed E-state index contributed by atoms with van der Waals surface area (Å²) in [7, 11) is 0. The fraction of sp³-hybridized carbons (Fsp3) is 0.328. The van der Waals surface area contributed by atoms with E-state index in [1.54, 1.807) is 48.5 Å². The number of nitrogens with two attached hydrogens (primary N) is 3. The number of esters is 3. The van der Waals surface area contributed by atoms with Gasteiger partial charge in [0.05, 0.1) is 113 Å². The van der Waals surface area contributed by atoms with E-state index in [0.29, 0.717) is 32.5 Å². The molecule has 15 N–H and O–H groups in total. The smallest absolute Gasteiger partial charge is 0.334 e. The lowest BCUT2D eigenvalue weighted by molar-refractivity contribution is -0.140. The maximum Gasteiger partial charge on any atom is 0.334 e. The van der Waals surface area contributed by atoms with Crippen LogP contribution in [0.5, 0.6) is 0 Å². The fourth-order valence-electron chi connectivity index (χ4n) is 8.24. The molecular formula is C67H77N3O27. The van der Waals surface area contributed by atoms with Gasteiger partial charge >= 0.3 is 17.9 Å². The van der Waals surface area contributed by atoms with Crippen LogP contribution in [0.2, 0.25) is 0 Å². The van der Waals surface area contributed by atoms with Gasteiger partial charge in [0.15, 0.2) is 69.2 Å². The number of benzene rings is 3. The van der Waals surface area contributed by atoms with Gasteiger partial charge in [-0.2, -0.15) is 0 Å². The van der Waals surface area contributed by atoms with E-state index >= 15 is 0 Å². The predicted octanol–water partition coefficient (Wildman–Crippen LogP) is 2.89. The van der Waals surface area contributed by atoms with Crippen LogP contribution in [0.1, 0.15) is 140 Å². The zero-order valence-corrected chi connectivity index (χ0v) is 52.9. The monoisotopic (exact) mass is 1360 g/mol. The first-order valence-electron chi connectivity index (χ1n) is 29.9. The normalized spacial score (nSPS) is 13.2. The third kappa shape index (κ3) is 23.2. The van der Waals surface area contributed by atoms with Crippen molar-refractivity contribution in [3.8, 4) is 0 Å².